The minimum atomic E-state index is -0.164. The molecule has 3 aromatic rings. The normalized spacial score (nSPS) is 21.2. The number of carbonyl (C=O) groups excluding carboxylic acids is 1. The Balaban J connectivity index is 1.15. The fraction of sp³-hybridized carbons (Fsp3) is 0.375. The molecule has 2 aromatic heterocycles. The van der Waals surface area contributed by atoms with Gasteiger partial charge in [-0.15, -0.1) is 0 Å². The van der Waals surface area contributed by atoms with Crippen molar-refractivity contribution in [2.24, 2.45) is 0 Å². The van der Waals surface area contributed by atoms with Crippen LogP contribution in [0.25, 0.3) is 0 Å². The van der Waals surface area contributed by atoms with Gasteiger partial charge in [0.2, 0.25) is 0 Å². The second-order valence-electron chi connectivity index (χ2n) is 8.85. The van der Waals surface area contributed by atoms with E-state index in [1.165, 1.54) is 0 Å². The van der Waals surface area contributed by atoms with Gasteiger partial charge in [0, 0.05) is 24.3 Å². The van der Waals surface area contributed by atoms with Gasteiger partial charge in [0.15, 0.2) is 5.69 Å². The fourth-order valence-corrected chi connectivity index (χ4v) is 5.14. The first-order valence-electron chi connectivity index (χ1n) is 11.1. The Morgan fingerprint density at radius 2 is 2.09 bits per heavy atom. The summed E-state index contributed by atoms with van der Waals surface area (Å²) in [6.07, 6.45) is 4.81. The van der Waals surface area contributed by atoms with Crippen LogP contribution in [0.1, 0.15) is 40.3 Å². The summed E-state index contributed by atoms with van der Waals surface area (Å²) in [7, 11) is 0. The molecule has 3 aliphatic rings. The lowest BCUT2D eigenvalue weighted by atomic mass is 10.0. The van der Waals surface area contributed by atoms with Crippen molar-refractivity contribution in [2.45, 2.75) is 43.9 Å². The van der Waals surface area contributed by atoms with Crippen LogP contribution < -0.4 is 10.1 Å². The number of pyridine rings is 1. The highest BCUT2D eigenvalue weighted by Gasteiger charge is 2.51. The van der Waals surface area contributed by atoms with E-state index < -0.39 is 0 Å². The average molecular weight is 450 g/mol. The topological polar surface area (TPSA) is 72.3 Å². The van der Waals surface area contributed by atoms with Crippen LogP contribution in [0.4, 0.5) is 0 Å². The molecular formula is C24H24ClN5O2. The number of amides is 1. The molecule has 4 heterocycles. The van der Waals surface area contributed by atoms with Crippen LogP contribution in [0.15, 0.2) is 48.7 Å². The number of rotatable bonds is 4. The molecule has 1 saturated carbocycles. The van der Waals surface area contributed by atoms with E-state index in [1.807, 2.05) is 41.2 Å². The van der Waals surface area contributed by atoms with Crippen LogP contribution in [-0.4, -0.2) is 44.8 Å². The van der Waals surface area contributed by atoms with Crippen molar-refractivity contribution in [3.05, 3.63) is 76.3 Å². The summed E-state index contributed by atoms with van der Waals surface area (Å²) in [6, 6.07) is 13.5. The maximum absolute atomic E-state index is 12.9. The van der Waals surface area contributed by atoms with Crippen molar-refractivity contribution in [3.8, 4) is 5.75 Å². The molecule has 32 heavy (non-hydrogen) atoms. The van der Waals surface area contributed by atoms with Crippen molar-refractivity contribution in [2.75, 3.05) is 13.2 Å². The van der Waals surface area contributed by atoms with Crippen LogP contribution in [0.3, 0.4) is 0 Å². The third-order valence-corrected chi connectivity index (χ3v) is 7.00. The highest BCUT2D eigenvalue weighted by atomic mass is 35.5. The fourth-order valence-electron chi connectivity index (χ4n) is 4.95. The smallest absolute Gasteiger partial charge is 0.272 e. The van der Waals surface area contributed by atoms with Gasteiger partial charge >= 0.3 is 0 Å². The van der Waals surface area contributed by atoms with Gasteiger partial charge < -0.3 is 10.1 Å². The lowest BCUT2D eigenvalue weighted by Gasteiger charge is -2.34. The summed E-state index contributed by atoms with van der Waals surface area (Å²) in [5.41, 5.74) is 3.72. The van der Waals surface area contributed by atoms with E-state index in [4.69, 9.17) is 16.3 Å². The number of benzene rings is 1. The summed E-state index contributed by atoms with van der Waals surface area (Å²) in [6.45, 7) is 2.89. The first kappa shape index (κ1) is 19.8. The van der Waals surface area contributed by atoms with E-state index in [1.54, 1.807) is 0 Å². The van der Waals surface area contributed by atoms with E-state index in [2.05, 4.69) is 32.4 Å². The number of nitrogens with one attached hydrogen (secondary N) is 1. The number of fused-ring (bicyclic) bond motifs is 2. The molecule has 1 amide bonds. The molecule has 1 unspecified atom stereocenters. The summed E-state index contributed by atoms with van der Waals surface area (Å²) >= 11 is 6.11. The molecule has 6 rings (SSSR count). The molecule has 1 N–H and O–H groups in total. The SMILES string of the molecule is O=C(NC1COc2ccc(Cl)cc2C1)c1cc2n(n1)CCN(C1(c3ccccn3)CC1)C2. The zero-order chi connectivity index (χ0) is 21.7. The van der Waals surface area contributed by atoms with Crippen LogP contribution in [0, 0.1) is 0 Å². The molecule has 2 aliphatic heterocycles. The lowest BCUT2D eigenvalue weighted by Crippen LogP contribution is -2.43. The van der Waals surface area contributed by atoms with Gasteiger partial charge in [0.25, 0.3) is 5.91 Å². The second kappa shape index (κ2) is 7.60. The Morgan fingerprint density at radius 3 is 2.91 bits per heavy atom. The molecular weight excluding hydrogens is 426 g/mol. The van der Waals surface area contributed by atoms with Gasteiger partial charge in [0.05, 0.1) is 29.5 Å². The Labute approximate surface area is 191 Å². The van der Waals surface area contributed by atoms with Crippen molar-refractivity contribution in [1.82, 2.24) is 25.0 Å². The van der Waals surface area contributed by atoms with Gasteiger partial charge in [-0.1, -0.05) is 17.7 Å². The number of nitrogens with zero attached hydrogens (tertiary/aromatic N) is 4. The lowest BCUT2D eigenvalue weighted by molar-refractivity contribution is 0.0908. The van der Waals surface area contributed by atoms with E-state index in [9.17, 15) is 4.79 Å². The Bertz CT molecular complexity index is 1170. The molecule has 1 aliphatic carbocycles. The van der Waals surface area contributed by atoms with E-state index in [-0.39, 0.29) is 17.5 Å². The molecule has 1 aromatic carbocycles. The minimum absolute atomic E-state index is 0.0350. The van der Waals surface area contributed by atoms with Crippen molar-refractivity contribution in [3.63, 3.8) is 0 Å². The van der Waals surface area contributed by atoms with E-state index >= 15 is 0 Å². The van der Waals surface area contributed by atoms with Crippen molar-refractivity contribution >= 4 is 17.5 Å². The molecule has 0 saturated heterocycles. The average Bonchev–Trinajstić information content (AvgIpc) is 3.51. The maximum Gasteiger partial charge on any atom is 0.272 e. The largest absolute Gasteiger partial charge is 0.491 e. The highest BCUT2D eigenvalue weighted by Crippen LogP contribution is 2.51. The molecule has 7 nitrogen and oxygen atoms in total. The Hall–Kier alpha value is -2.90. The number of ether oxygens (including phenoxy) is 1. The zero-order valence-corrected chi connectivity index (χ0v) is 18.4. The first-order valence-corrected chi connectivity index (χ1v) is 11.4. The van der Waals surface area contributed by atoms with E-state index in [0.29, 0.717) is 23.7 Å². The van der Waals surface area contributed by atoms with Gasteiger partial charge in [-0.2, -0.15) is 5.10 Å². The Kier molecular flexibility index (Phi) is 4.69. The predicted molar refractivity (Wildman–Crippen MR) is 120 cm³/mol. The third kappa shape index (κ3) is 3.45. The molecule has 0 radical (unpaired) electrons. The number of aromatic nitrogens is 3. The molecule has 8 heteroatoms. The summed E-state index contributed by atoms with van der Waals surface area (Å²) in [4.78, 5) is 20.0. The summed E-state index contributed by atoms with van der Waals surface area (Å²) in [5.74, 6) is 0.669. The molecule has 1 atom stereocenters. The van der Waals surface area contributed by atoms with Crippen LogP contribution >= 0.6 is 11.6 Å². The van der Waals surface area contributed by atoms with Crippen LogP contribution in [-0.2, 0) is 25.0 Å². The van der Waals surface area contributed by atoms with Gasteiger partial charge in [-0.25, -0.2) is 0 Å². The van der Waals surface area contributed by atoms with Gasteiger partial charge in [0.1, 0.15) is 12.4 Å². The third-order valence-electron chi connectivity index (χ3n) is 6.77. The number of hydrogen-bond donors (Lipinski definition) is 1. The van der Waals surface area contributed by atoms with Crippen LogP contribution in [0.2, 0.25) is 5.02 Å². The highest BCUT2D eigenvalue weighted by molar-refractivity contribution is 6.30. The summed E-state index contributed by atoms with van der Waals surface area (Å²) < 4.78 is 7.76. The van der Waals surface area contributed by atoms with Gasteiger partial charge in [-0.3, -0.25) is 19.4 Å². The van der Waals surface area contributed by atoms with Crippen LogP contribution in [0.5, 0.6) is 5.75 Å². The quantitative estimate of drug-likeness (QED) is 0.662. The first-order chi connectivity index (χ1) is 15.6. The molecule has 164 valence electrons. The monoisotopic (exact) mass is 449 g/mol. The number of carbonyl (C=O) groups is 1. The van der Waals surface area contributed by atoms with E-state index in [0.717, 1.165) is 55.2 Å². The van der Waals surface area contributed by atoms with Gasteiger partial charge in [-0.05, 0) is 61.2 Å². The maximum atomic E-state index is 12.9. The minimum Gasteiger partial charge on any atom is -0.491 e. The molecule has 0 bridgehead atoms. The van der Waals surface area contributed by atoms with Crippen molar-refractivity contribution in [1.29, 1.82) is 0 Å². The number of hydrogen-bond acceptors (Lipinski definition) is 5. The predicted octanol–water partition coefficient (Wildman–Crippen LogP) is 3.17. The number of halogens is 1. The van der Waals surface area contributed by atoms with Crippen molar-refractivity contribution < 1.29 is 9.53 Å². The molecule has 1 fully saturated rings. The molecule has 0 spiro atoms. The second-order valence-corrected chi connectivity index (χ2v) is 9.29. The Morgan fingerprint density at radius 1 is 1.19 bits per heavy atom. The zero-order valence-electron chi connectivity index (χ0n) is 17.6. The summed E-state index contributed by atoms with van der Waals surface area (Å²) in [5, 5.41) is 8.33. The standard InChI is InChI=1S/C24H24ClN5O2/c25-17-4-5-21-16(11-17)12-18(15-32-21)27-23(31)20-13-19-14-29(9-10-30(19)28-20)24(6-7-24)22-3-1-2-8-26-22/h1-5,8,11,13,18H,6-7,9-10,12,14-15H2,(H,27,31).